The first kappa shape index (κ1) is 18.7. The summed E-state index contributed by atoms with van der Waals surface area (Å²) in [6.07, 6.45) is 14.6. The quantitative estimate of drug-likeness (QED) is 0.658. The summed E-state index contributed by atoms with van der Waals surface area (Å²) in [5.41, 5.74) is 1.95. The number of hydrogen-bond acceptors (Lipinski definition) is 1. The minimum absolute atomic E-state index is 0.463. The first-order chi connectivity index (χ1) is 10.4. The van der Waals surface area contributed by atoms with E-state index in [0.717, 1.165) is 25.7 Å². The van der Waals surface area contributed by atoms with E-state index in [4.69, 9.17) is 0 Å². The van der Waals surface area contributed by atoms with Crippen molar-refractivity contribution in [2.24, 2.45) is 17.8 Å². The van der Waals surface area contributed by atoms with Crippen molar-refractivity contribution in [2.45, 2.75) is 66.2 Å². The molecule has 1 rings (SSSR count). The first-order valence-corrected chi connectivity index (χ1v) is 8.66. The fourth-order valence-electron chi connectivity index (χ4n) is 2.87. The van der Waals surface area contributed by atoms with E-state index in [1.165, 1.54) is 12.0 Å². The van der Waals surface area contributed by atoms with Gasteiger partial charge < -0.3 is 5.11 Å². The molecule has 22 heavy (non-hydrogen) atoms. The molecular formula is C20H32O2. The van der Waals surface area contributed by atoms with Crippen LogP contribution in [0, 0.1) is 17.8 Å². The van der Waals surface area contributed by atoms with Gasteiger partial charge in [-0.2, -0.15) is 0 Å². The number of rotatable bonds is 2. The molecule has 2 atom stereocenters. The van der Waals surface area contributed by atoms with Gasteiger partial charge in [-0.25, -0.2) is 4.79 Å². The van der Waals surface area contributed by atoms with E-state index in [1.807, 2.05) is 6.08 Å². The summed E-state index contributed by atoms with van der Waals surface area (Å²) in [7, 11) is 0. The fraction of sp³-hybridized carbons (Fsp3) is 0.650. The lowest BCUT2D eigenvalue weighted by Crippen LogP contribution is -2.09. The Balaban J connectivity index is 2.90. The predicted molar refractivity (Wildman–Crippen MR) is 93.8 cm³/mol. The van der Waals surface area contributed by atoms with E-state index in [2.05, 4.69) is 45.9 Å². The second-order valence-corrected chi connectivity index (χ2v) is 7.01. The number of carbonyl (C=O) groups is 1. The molecule has 1 aliphatic carbocycles. The monoisotopic (exact) mass is 304 g/mol. The molecule has 0 heterocycles. The Kier molecular flexibility index (Phi) is 8.22. The number of carboxylic acid groups (broad SMARTS) is 1. The Hall–Kier alpha value is -1.31. The largest absolute Gasteiger partial charge is 0.478 e. The molecule has 2 nitrogen and oxygen atoms in total. The van der Waals surface area contributed by atoms with E-state index < -0.39 is 5.97 Å². The highest BCUT2D eigenvalue weighted by Crippen LogP contribution is 2.24. The molecule has 0 radical (unpaired) electrons. The fourth-order valence-corrected chi connectivity index (χ4v) is 2.87. The van der Waals surface area contributed by atoms with Crippen LogP contribution in [-0.2, 0) is 4.79 Å². The molecule has 0 amide bonds. The lowest BCUT2D eigenvalue weighted by atomic mass is 9.87. The van der Waals surface area contributed by atoms with Gasteiger partial charge in [0.2, 0.25) is 0 Å². The van der Waals surface area contributed by atoms with Gasteiger partial charge >= 0.3 is 5.97 Å². The number of allylic oxidation sites excluding steroid dienone is 5. The van der Waals surface area contributed by atoms with Crippen molar-refractivity contribution >= 4 is 5.97 Å². The SMILES string of the molecule is C/C1=C\CC[C@@H](C)/C=C/[C@@H](C(C)C)CC/C(C(=O)O)=C\CC1. The molecule has 0 aromatic rings. The molecule has 0 saturated heterocycles. The van der Waals surface area contributed by atoms with Crippen LogP contribution in [-0.4, -0.2) is 11.1 Å². The van der Waals surface area contributed by atoms with Crippen molar-refractivity contribution < 1.29 is 9.90 Å². The molecule has 0 aromatic heterocycles. The van der Waals surface area contributed by atoms with Gasteiger partial charge in [0.15, 0.2) is 0 Å². The molecule has 0 aromatic carbocycles. The summed E-state index contributed by atoms with van der Waals surface area (Å²) < 4.78 is 0. The third-order valence-corrected chi connectivity index (χ3v) is 4.61. The van der Waals surface area contributed by atoms with Crippen LogP contribution in [0.15, 0.2) is 35.5 Å². The van der Waals surface area contributed by atoms with Crippen LogP contribution in [0.1, 0.15) is 66.2 Å². The van der Waals surface area contributed by atoms with E-state index in [0.29, 0.717) is 29.7 Å². The molecule has 2 heteroatoms. The van der Waals surface area contributed by atoms with Crippen LogP contribution < -0.4 is 0 Å². The van der Waals surface area contributed by atoms with Crippen molar-refractivity contribution in [1.29, 1.82) is 0 Å². The summed E-state index contributed by atoms with van der Waals surface area (Å²) >= 11 is 0. The van der Waals surface area contributed by atoms with Gasteiger partial charge in [-0.3, -0.25) is 0 Å². The summed E-state index contributed by atoms with van der Waals surface area (Å²) in [4.78, 5) is 11.4. The Morgan fingerprint density at radius 1 is 1.14 bits per heavy atom. The van der Waals surface area contributed by atoms with Crippen LogP contribution in [0.3, 0.4) is 0 Å². The number of aliphatic carboxylic acids is 1. The van der Waals surface area contributed by atoms with Gasteiger partial charge in [0.25, 0.3) is 0 Å². The molecule has 1 N–H and O–H groups in total. The maximum absolute atomic E-state index is 11.4. The highest BCUT2D eigenvalue weighted by atomic mass is 16.4. The van der Waals surface area contributed by atoms with Crippen molar-refractivity contribution in [3.05, 3.63) is 35.5 Å². The maximum Gasteiger partial charge on any atom is 0.331 e. The molecule has 0 spiro atoms. The smallest absolute Gasteiger partial charge is 0.331 e. The number of hydrogen-bond donors (Lipinski definition) is 1. The summed E-state index contributed by atoms with van der Waals surface area (Å²) in [5, 5.41) is 9.38. The zero-order chi connectivity index (χ0) is 16.5. The molecule has 0 fully saturated rings. The van der Waals surface area contributed by atoms with Crippen molar-refractivity contribution in [2.75, 3.05) is 0 Å². The zero-order valence-corrected chi connectivity index (χ0v) is 14.6. The van der Waals surface area contributed by atoms with Gasteiger partial charge in [-0.1, -0.05) is 50.6 Å². The van der Waals surface area contributed by atoms with Crippen LogP contribution >= 0.6 is 0 Å². The molecule has 124 valence electrons. The second-order valence-electron chi connectivity index (χ2n) is 7.01. The van der Waals surface area contributed by atoms with Gasteiger partial charge in [0.1, 0.15) is 0 Å². The van der Waals surface area contributed by atoms with Crippen LogP contribution in [0.2, 0.25) is 0 Å². The van der Waals surface area contributed by atoms with Gasteiger partial charge in [0, 0.05) is 5.57 Å². The maximum atomic E-state index is 11.4. The first-order valence-electron chi connectivity index (χ1n) is 8.66. The Bertz CT molecular complexity index is 441. The third kappa shape index (κ3) is 7.11. The van der Waals surface area contributed by atoms with Gasteiger partial charge in [-0.15, -0.1) is 0 Å². The third-order valence-electron chi connectivity index (χ3n) is 4.61. The minimum Gasteiger partial charge on any atom is -0.478 e. The highest BCUT2D eigenvalue weighted by molar-refractivity contribution is 5.86. The highest BCUT2D eigenvalue weighted by Gasteiger charge is 2.14. The van der Waals surface area contributed by atoms with Crippen molar-refractivity contribution in [3.8, 4) is 0 Å². The second kappa shape index (κ2) is 9.66. The lowest BCUT2D eigenvalue weighted by molar-refractivity contribution is -0.132. The summed E-state index contributed by atoms with van der Waals surface area (Å²) in [6.45, 7) is 8.86. The molecule has 1 aliphatic rings. The Morgan fingerprint density at radius 2 is 1.86 bits per heavy atom. The average Bonchev–Trinajstić information content (AvgIpc) is 2.43. The minimum atomic E-state index is -0.756. The van der Waals surface area contributed by atoms with Crippen LogP contribution in [0.25, 0.3) is 0 Å². The van der Waals surface area contributed by atoms with Gasteiger partial charge in [-0.05, 0) is 63.2 Å². The number of carboxylic acids is 1. The van der Waals surface area contributed by atoms with E-state index >= 15 is 0 Å². The van der Waals surface area contributed by atoms with E-state index in [9.17, 15) is 9.90 Å². The average molecular weight is 304 g/mol. The van der Waals surface area contributed by atoms with Gasteiger partial charge in [0.05, 0.1) is 0 Å². The lowest BCUT2D eigenvalue weighted by Gasteiger charge is -2.18. The molecular weight excluding hydrogens is 272 g/mol. The van der Waals surface area contributed by atoms with E-state index in [-0.39, 0.29) is 0 Å². The molecule has 0 bridgehead atoms. The summed E-state index contributed by atoms with van der Waals surface area (Å²) in [5.74, 6) is 0.843. The normalized spacial score (nSPS) is 31.5. The topological polar surface area (TPSA) is 37.3 Å². The standard InChI is InChI=1S/C20H32O2/c1-15(2)18-12-11-17(4)8-5-7-16(3)9-6-10-19(14-13-18)20(21)22/h7,10-12,15,17-18H,5-6,8-9,13-14H2,1-4H3,(H,21,22)/b12-11+,16-7+,19-10+/t17-,18-/m1/s1. The zero-order valence-electron chi connectivity index (χ0n) is 14.6. The molecule has 0 unspecified atom stereocenters. The van der Waals surface area contributed by atoms with Crippen LogP contribution in [0.4, 0.5) is 0 Å². The van der Waals surface area contributed by atoms with Crippen molar-refractivity contribution in [3.63, 3.8) is 0 Å². The molecule has 0 saturated carbocycles. The summed E-state index contributed by atoms with van der Waals surface area (Å²) in [6, 6.07) is 0. The van der Waals surface area contributed by atoms with E-state index in [1.54, 1.807) is 0 Å². The predicted octanol–water partition coefficient (Wildman–Crippen LogP) is 5.76. The van der Waals surface area contributed by atoms with Crippen LogP contribution in [0.5, 0.6) is 0 Å². The van der Waals surface area contributed by atoms with Crippen molar-refractivity contribution in [1.82, 2.24) is 0 Å². The Labute approximate surface area is 136 Å². The molecule has 0 aliphatic heterocycles. The Morgan fingerprint density at radius 3 is 2.50 bits per heavy atom.